The molecule has 0 bridgehead atoms. The molecule has 1 aliphatic rings. The van der Waals surface area contributed by atoms with Crippen LogP contribution in [0.25, 0.3) is 0 Å². The van der Waals surface area contributed by atoms with Crippen LogP contribution in [0.2, 0.25) is 0 Å². The molecular formula is C12H12F3NO. The molecule has 0 aliphatic carbocycles. The number of carbonyl (C=O) groups is 1. The molecule has 0 radical (unpaired) electrons. The Bertz CT molecular complexity index is 424. The predicted molar refractivity (Wildman–Crippen MR) is 57.6 cm³/mol. The normalized spacial score (nSPS) is 20.4. The molecule has 0 spiro atoms. The van der Waals surface area contributed by atoms with Crippen LogP contribution >= 0.6 is 0 Å². The maximum absolute atomic E-state index is 12.4. The molecule has 1 fully saturated rings. The lowest BCUT2D eigenvalue weighted by Gasteiger charge is -2.40. The lowest BCUT2D eigenvalue weighted by molar-refractivity contribution is -0.137. The van der Waals surface area contributed by atoms with Crippen LogP contribution in [0.1, 0.15) is 25.3 Å². The van der Waals surface area contributed by atoms with Gasteiger partial charge in [0.25, 0.3) is 0 Å². The third kappa shape index (κ3) is 2.14. The van der Waals surface area contributed by atoms with E-state index in [1.54, 1.807) is 4.90 Å². The second-order valence-corrected chi connectivity index (χ2v) is 4.07. The van der Waals surface area contributed by atoms with Gasteiger partial charge in [-0.3, -0.25) is 4.79 Å². The number of benzene rings is 1. The highest BCUT2D eigenvalue weighted by Gasteiger charge is 2.36. The van der Waals surface area contributed by atoms with Crippen LogP contribution in [-0.4, -0.2) is 11.9 Å². The summed E-state index contributed by atoms with van der Waals surface area (Å²) in [5.41, 5.74) is -0.150. The molecule has 2 rings (SSSR count). The Morgan fingerprint density at radius 3 is 2.29 bits per heavy atom. The van der Waals surface area contributed by atoms with Crippen molar-refractivity contribution in [2.75, 3.05) is 4.90 Å². The first-order chi connectivity index (χ1) is 7.93. The summed E-state index contributed by atoms with van der Waals surface area (Å²) in [7, 11) is 0. The van der Waals surface area contributed by atoms with Crippen molar-refractivity contribution in [3.63, 3.8) is 0 Å². The lowest BCUT2D eigenvalue weighted by Crippen LogP contribution is -2.52. The minimum atomic E-state index is -4.33. The molecule has 1 aliphatic heterocycles. The van der Waals surface area contributed by atoms with Crippen LogP contribution < -0.4 is 4.90 Å². The van der Waals surface area contributed by atoms with Gasteiger partial charge in [0.2, 0.25) is 5.91 Å². The number of alkyl halides is 3. The van der Waals surface area contributed by atoms with Crippen LogP contribution in [0.3, 0.4) is 0 Å². The first-order valence-corrected chi connectivity index (χ1v) is 5.43. The maximum atomic E-state index is 12.4. The summed E-state index contributed by atoms with van der Waals surface area (Å²) in [4.78, 5) is 12.9. The summed E-state index contributed by atoms with van der Waals surface area (Å²) in [6, 6.07) is 4.84. The molecule has 0 aromatic heterocycles. The van der Waals surface area contributed by atoms with Gasteiger partial charge in [-0.05, 0) is 30.7 Å². The monoisotopic (exact) mass is 243 g/mol. The third-order valence-electron chi connectivity index (χ3n) is 2.99. The van der Waals surface area contributed by atoms with Crippen molar-refractivity contribution in [2.45, 2.75) is 32.0 Å². The van der Waals surface area contributed by atoms with Crippen molar-refractivity contribution in [1.82, 2.24) is 0 Å². The zero-order chi connectivity index (χ0) is 12.6. The summed E-state index contributed by atoms with van der Waals surface area (Å²) < 4.78 is 37.1. The topological polar surface area (TPSA) is 20.3 Å². The first kappa shape index (κ1) is 12.0. The molecule has 1 atom stereocenters. The maximum Gasteiger partial charge on any atom is 0.416 e. The van der Waals surface area contributed by atoms with E-state index < -0.39 is 11.7 Å². The molecule has 0 unspecified atom stereocenters. The molecule has 1 amide bonds. The van der Waals surface area contributed by atoms with E-state index in [0.717, 1.165) is 18.6 Å². The van der Waals surface area contributed by atoms with Crippen molar-refractivity contribution in [3.05, 3.63) is 29.8 Å². The molecule has 2 nitrogen and oxygen atoms in total. The van der Waals surface area contributed by atoms with Gasteiger partial charge in [0, 0.05) is 18.2 Å². The van der Waals surface area contributed by atoms with Crippen molar-refractivity contribution >= 4 is 11.6 Å². The van der Waals surface area contributed by atoms with E-state index in [1.165, 1.54) is 12.1 Å². The Morgan fingerprint density at radius 2 is 1.88 bits per heavy atom. The van der Waals surface area contributed by atoms with Gasteiger partial charge in [-0.1, -0.05) is 6.92 Å². The number of hydrogen-bond donors (Lipinski definition) is 0. The fraction of sp³-hybridized carbons (Fsp3) is 0.417. The van der Waals surface area contributed by atoms with Crippen molar-refractivity contribution < 1.29 is 18.0 Å². The van der Waals surface area contributed by atoms with Gasteiger partial charge in [-0.25, -0.2) is 0 Å². The van der Waals surface area contributed by atoms with Gasteiger partial charge in [0.15, 0.2) is 0 Å². The zero-order valence-corrected chi connectivity index (χ0v) is 9.29. The molecule has 1 heterocycles. The highest BCUT2D eigenvalue weighted by Crippen LogP contribution is 2.33. The highest BCUT2D eigenvalue weighted by atomic mass is 19.4. The molecule has 92 valence electrons. The number of hydrogen-bond acceptors (Lipinski definition) is 1. The van der Waals surface area contributed by atoms with Gasteiger partial charge in [-0.2, -0.15) is 13.2 Å². The van der Waals surface area contributed by atoms with E-state index in [-0.39, 0.29) is 11.9 Å². The summed E-state index contributed by atoms with van der Waals surface area (Å²) in [6.45, 7) is 1.95. The highest BCUT2D eigenvalue weighted by molar-refractivity contribution is 6.00. The molecule has 17 heavy (non-hydrogen) atoms. The van der Waals surface area contributed by atoms with Crippen molar-refractivity contribution in [2.24, 2.45) is 0 Å². The van der Waals surface area contributed by atoms with Crippen LogP contribution in [0.4, 0.5) is 18.9 Å². The average Bonchev–Trinajstić information content (AvgIpc) is 2.25. The summed E-state index contributed by atoms with van der Waals surface area (Å²) >= 11 is 0. The second kappa shape index (κ2) is 4.05. The third-order valence-corrected chi connectivity index (χ3v) is 2.99. The van der Waals surface area contributed by atoms with Gasteiger partial charge in [0.1, 0.15) is 0 Å². The van der Waals surface area contributed by atoms with E-state index in [0.29, 0.717) is 12.1 Å². The number of amides is 1. The fourth-order valence-corrected chi connectivity index (χ4v) is 1.98. The van der Waals surface area contributed by atoms with Crippen LogP contribution in [-0.2, 0) is 11.0 Å². The molecule has 5 heteroatoms. The first-order valence-electron chi connectivity index (χ1n) is 5.43. The van der Waals surface area contributed by atoms with E-state index in [1.807, 2.05) is 6.92 Å². The van der Waals surface area contributed by atoms with Gasteiger partial charge >= 0.3 is 6.18 Å². The molecule has 1 saturated heterocycles. The van der Waals surface area contributed by atoms with E-state index in [9.17, 15) is 18.0 Å². The second-order valence-electron chi connectivity index (χ2n) is 4.07. The Kier molecular flexibility index (Phi) is 2.85. The van der Waals surface area contributed by atoms with Gasteiger partial charge in [-0.15, -0.1) is 0 Å². The largest absolute Gasteiger partial charge is 0.416 e. The quantitative estimate of drug-likeness (QED) is 0.730. The van der Waals surface area contributed by atoms with E-state index in [4.69, 9.17) is 0 Å². The average molecular weight is 243 g/mol. The Labute approximate surface area is 97.0 Å². The number of anilines is 1. The molecule has 1 aromatic rings. The number of halogens is 3. The predicted octanol–water partition coefficient (Wildman–Crippen LogP) is 3.22. The Balaban J connectivity index is 2.21. The number of rotatable bonds is 2. The zero-order valence-electron chi connectivity index (χ0n) is 9.29. The number of nitrogens with zero attached hydrogens (tertiary/aromatic N) is 1. The Morgan fingerprint density at radius 1 is 1.29 bits per heavy atom. The number of β-lactam (4-membered cyclic amide) rings is 1. The van der Waals surface area contributed by atoms with Crippen molar-refractivity contribution in [1.29, 1.82) is 0 Å². The SMILES string of the molecule is CC[C@H]1CC(=O)N1c1ccc(C(F)(F)F)cc1. The molecule has 0 saturated carbocycles. The molecule has 1 aromatic carbocycles. The van der Waals surface area contributed by atoms with Gasteiger partial charge in [0.05, 0.1) is 5.56 Å². The van der Waals surface area contributed by atoms with Crippen molar-refractivity contribution in [3.8, 4) is 0 Å². The van der Waals surface area contributed by atoms with E-state index in [2.05, 4.69) is 0 Å². The minimum Gasteiger partial charge on any atom is -0.309 e. The van der Waals surface area contributed by atoms with Gasteiger partial charge < -0.3 is 4.90 Å². The summed E-state index contributed by atoms with van der Waals surface area (Å²) in [6.07, 6.45) is -3.04. The molecular weight excluding hydrogens is 231 g/mol. The minimum absolute atomic E-state index is 0.0309. The molecule has 0 N–H and O–H groups in total. The number of carbonyl (C=O) groups excluding carboxylic acids is 1. The van der Waals surface area contributed by atoms with Crippen LogP contribution in [0.15, 0.2) is 24.3 Å². The lowest BCUT2D eigenvalue weighted by atomic mass is 9.98. The standard InChI is InChI=1S/C12H12F3NO/c1-2-9-7-11(17)16(9)10-5-3-8(4-6-10)12(13,14)15/h3-6,9H,2,7H2,1H3/t9-/m0/s1. The Hall–Kier alpha value is -1.52. The summed E-state index contributed by atoms with van der Waals surface area (Å²) in [5.74, 6) is -0.0309. The summed E-state index contributed by atoms with van der Waals surface area (Å²) in [5, 5.41) is 0. The smallest absolute Gasteiger partial charge is 0.309 e. The van der Waals surface area contributed by atoms with Crippen LogP contribution in [0, 0.1) is 0 Å². The van der Waals surface area contributed by atoms with Crippen LogP contribution in [0.5, 0.6) is 0 Å². The fourth-order valence-electron chi connectivity index (χ4n) is 1.98. The van der Waals surface area contributed by atoms with E-state index >= 15 is 0 Å².